The molecule has 0 unspecified atom stereocenters. The first-order valence-electron chi connectivity index (χ1n) is 10.1. The number of hydrogen-bond acceptors (Lipinski definition) is 2. The van der Waals surface area contributed by atoms with Gasteiger partial charge in [0.1, 0.15) is 0 Å². The summed E-state index contributed by atoms with van der Waals surface area (Å²) >= 11 is 0. The SMILES string of the molecule is CC(C)=CCCC(C)=CCCC(C)=CCc1c(O)c(C)[n+]([O-])c2ccccc12. The lowest BCUT2D eigenvalue weighted by Gasteiger charge is -2.11. The minimum absolute atomic E-state index is 0.104. The van der Waals surface area contributed by atoms with Crippen molar-refractivity contribution in [1.29, 1.82) is 0 Å². The van der Waals surface area contributed by atoms with Crippen LogP contribution in [0.2, 0.25) is 0 Å². The molecular formula is C25H33NO2. The van der Waals surface area contributed by atoms with Gasteiger partial charge in [0.25, 0.3) is 0 Å². The van der Waals surface area contributed by atoms with Gasteiger partial charge < -0.3 is 10.3 Å². The number of aromatic nitrogens is 1. The van der Waals surface area contributed by atoms with Gasteiger partial charge >= 0.3 is 0 Å². The van der Waals surface area contributed by atoms with Crippen molar-refractivity contribution in [3.8, 4) is 5.75 Å². The van der Waals surface area contributed by atoms with E-state index in [0.717, 1.165) is 41.4 Å². The number of rotatable bonds is 8. The van der Waals surface area contributed by atoms with E-state index in [9.17, 15) is 10.3 Å². The fourth-order valence-electron chi connectivity index (χ4n) is 3.35. The highest BCUT2D eigenvalue weighted by Crippen LogP contribution is 2.28. The molecule has 1 aromatic carbocycles. The van der Waals surface area contributed by atoms with E-state index in [1.165, 1.54) is 16.7 Å². The maximum Gasteiger partial charge on any atom is 0.232 e. The van der Waals surface area contributed by atoms with Gasteiger partial charge in [-0.3, -0.25) is 0 Å². The molecule has 0 bridgehead atoms. The third-order valence-electron chi connectivity index (χ3n) is 5.16. The maximum atomic E-state index is 12.3. The Kier molecular flexibility index (Phi) is 7.86. The molecule has 0 aliphatic rings. The smallest absolute Gasteiger partial charge is 0.232 e. The van der Waals surface area contributed by atoms with Gasteiger partial charge in [-0.25, -0.2) is 0 Å². The highest BCUT2D eigenvalue weighted by Gasteiger charge is 2.18. The van der Waals surface area contributed by atoms with Crippen molar-refractivity contribution in [2.24, 2.45) is 0 Å². The molecule has 0 aliphatic heterocycles. The van der Waals surface area contributed by atoms with Crippen molar-refractivity contribution in [1.82, 2.24) is 0 Å². The van der Waals surface area contributed by atoms with Crippen molar-refractivity contribution in [3.63, 3.8) is 0 Å². The summed E-state index contributed by atoms with van der Waals surface area (Å²) in [4.78, 5) is 0. The molecule has 150 valence electrons. The Morgan fingerprint density at radius 1 is 0.964 bits per heavy atom. The molecular weight excluding hydrogens is 346 g/mol. The summed E-state index contributed by atoms with van der Waals surface area (Å²) in [5.41, 5.74) is 5.90. The van der Waals surface area contributed by atoms with Gasteiger partial charge in [0, 0.05) is 18.6 Å². The van der Waals surface area contributed by atoms with Crippen LogP contribution in [0.4, 0.5) is 0 Å². The molecule has 3 heteroatoms. The average Bonchev–Trinajstić information content (AvgIpc) is 2.66. The van der Waals surface area contributed by atoms with Gasteiger partial charge in [0.05, 0.1) is 5.39 Å². The Hall–Kier alpha value is -2.55. The van der Waals surface area contributed by atoms with Crippen LogP contribution in [0.5, 0.6) is 5.75 Å². The summed E-state index contributed by atoms with van der Waals surface area (Å²) in [6.07, 6.45) is 11.7. The van der Waals surface area contributed by atoms with E-state index in [2.05, 4.69) is 45.9 Å². The molecule has 0 amide bonds. The molecule has 3 nitrogen and oxygen atoms in total. The summed E-state index contributed by atoms with van der Waals surface area (Å²) in [6.45, 7) is 10.3. The zero-order chi connectivity index (χ0) is 20.7. The zero-order valence-electron chi connectivity index (χ0n) is 17.9. The van der Waals surface area contributed by atoms with Gasteiger partial charge in [-0.15, -0.1) is 0 Å². The molecule has 2 aromatic rings. The van der Waals surface area contributed by atoms with Crippen molar-refractivity contribution in [2.45, 2.75) is 66.7 Å². The number of nitrogens with zero attached hydrogens (tertiary/aromatic N) is 1. The summed E-state index contributed by atoms with van der Waals surface area (Å²) in [6, 6.07) is 7.46. The topological polar surface area (TPSA) is 47.2 Å². The molecule has 2 rings (SSSR count). The van der Waals surface area contributed by atoms with E-state index in [1.807, 2.05) is 18.2 Å². The zero-order valence-corrected chi connectivity index (χ0v) is 17.9. The first-order valence-corrected chi connectivity index (χ1v) is 10.1. The van der Waals surface area contributed by atoms with Crippen molar-refractivity contribution < 1.29 is 9.84 Å². The predicted octanol–water partition coefficient (Wildman–Crippen LogP) is 6.45. The predicted molar refractivity (Wildman–Crippen MR) is 118 cm³/mol. The van der Waals surface area contributed by atoms with E-state index in [4.69, 9.17) is 0 Å². The minimum atomic E-state index is 0.104. The minimum Gasteiger partial charge on any atom is -0.618 e. The Morgan fingerprint density at radius 3 is 2.25 bits per heavy atom. The van der Waals surface area contributed by atoms with Crippen LogP contribution < -0.4 is 4.73 Å². The molecule has 0 saturated carbocycles. The van der Waals surface area contributed by atoms with Crippen LogP contribution in [0.3, 0.4) is 0 Å². The van der Waals surface area contributed by atoms with Crippen LogP contribution in [-0.2, 0) is 6.42 Å². The van der Waals surface area contributed by atoms with Crippen LogP contribution in [0.1, 0.15) is 64.6 Å². The average molecular weight is 380 g/mol. The summed E-state index contributed by atoms with van der Waals surface area (Å²) in [7, 11) is 0. The fourth-order valence-corrected chi connectivity index (χ4v) is 3.35. The van der Waals surface area contributed by atoms with Crippen molar-refractivity contribution >= 4 is 10.9 Å². The third kappa shape index (κ3) is 5.72. The molecule has 1 aromatic heterocycles. The largest absolute Gasteiger partial charge is 0.618 e. The Balaban J connectivity index is 2.05. The normalized spacial score (nSPS) is 12.5. The summed E-state index contributed by atoms with van der Waals surface area (Å²) < 4.78 is 0.813. The fraction of sp³-hybridized carbons (Fsp3) is 0.400. The molecule has 0 aliphatic carbocycles. The summed E-state index contributed by atoms with van der Waals surface area (Å²) in [5.74, 6) is 0.104. The molecule has 0 atom stereocenters. The van der Waals surface area contributed by atoms with E-state index < -0.39 is 0 Å². The lowest BCUT2D eigenvalue weighted by atomic mass is 10.0. The van der Waals surface area contributed by atoms with Crippen LogP contribution >= 0.6 is 0 Å². The van der Waals surface area contributed by atoms with E-state index >= 15 is 0 Å². The standard InChI is InChI=1S/C25H33NO2/c1-18(2)10-8-11-19(3)12-9-13-20(4)16-17-23-22-14-6-7-15-24(22)26(28)21(5)25(23)27/h6-7,10,12,14-16,27H,8-9,11,13,17H2,1-5H3. The maximum absolute atomic E-state index is 12.3. The highest BCUT2D eigenvalue weighted by atomic mass is 16.5. The van der Waals surface area contributed by atoms with E-state index in [0.29, 0.717) is 17.6 Å². The van der Waals surface area contributed by atoms with Crippen molar-refractivity contribution in [3.05, 3.63) is 75.7 Å². The van der Waals surface area contributed by atoms with Gasteiger partial charge in [-0.2, -0.15) is 4.73 Å². The number of pyridine rings is 1. The molecule has 1 N–H and O–H groups in total. The molecule has 0 radical (unpaired) electrons. The quantitative estimate of drug-likeness (QED) is 0.325. The van der Waals surface area contributed by atoms with E-state index in [1.54, 1.807) is 13.0 Å². The number of allylic oxidation sites excluding steroid dienone is 6. The first kappa shape index (κ1) is 21.7. The molecule has 0 spiro atoms. The van der Waals surface area contributed by atoms with E-state index in [-0.39, 0.29) is 5.75 Å². The Labute approximate surface area is 169 Å². The first-order chi connectivity index (χ1) is 13.3. The number of para-hydroxylation sites is 1. The van der Waals surface area contributed by atoms with Crippen LogP contribution in [0, 0.1) is 12.1 Å². The van der Waals surface area contributed by atoms with Gasteiger partial charge in [-0.1, -0.05) is 47.1 Å². The van der Waals surface area contributed by atoms with Crippen LogP contribution in [-0.4, -0.2) is 5.11 Å². The molecule has 0 fully saturated rings. The van der Waals surface area contributed by atoms with Gasteiger partial charge in [-0.05, 0) is 65.9 Å². The second-order valence-electron chi connectivity index (χ2n) is 7.89. The Bertz CT molecular complexity index is 916. The highest BCUT2D eigenvalue weighted by molar-refractivity contribution is 5.82. The van der Waals surface area contributed by atoms with Crippen molar-refractivity contribution in [2.75, 3.05) is 0 Å². The molecule has 0 saturated heterocycles. The van der Waals surface area contributed by atoms with Gasteiger partial charge in [0.2, 0.25) is 11.2 Å². The number of aromatic hydroxyl groups is 1. The number of benzene rings is 1. The summed E-state index contributed by atoms with van der Waals surface area (Å²) in [5, 5.41) is 23.6. The number of hydrogen-bond donors (Lipinski definition) is 1. The lowest BCUT2D eigenvalue weighted by molar-refractivity contribution is -0.584. The Morgan fingerprint density at radius 2 is 1.57 bits per heavy atom. The lowest BCUT2D eigenvalue weighted by Crippen LogP contribution is -2.31. The third-order valence-corrected chi connectivity index (χ3v) is 5.16. The second-order valence-corrected chi connectivity index (χ2v) is 7.89. The second kappa shape index (κ2) is 10.1. The van der Waals surface area contributed by atoms with Gasteiger partial charge in [0.15, 0.2) is 5.75 Å². The van der Waals surface area contributed by atoms with Crippen LogP contribution in [0.15, 0.2) is 59.2 Å². The monoisotopic (exact) mass is 379 g/mol. The molecule has 1 heterocycles. The molecule has 28 heavy (non-hydrogen) atoms. The van der Waals surface area contributed by atoms with Crippen LogP contribution in [0.25, 0.3) is 10.9 Å². The number of fused-ring (bicyclic) bond motifs is 1.